The predicted molar refractivity (Wildman–Crippen MR) is 216 cm³/mol. The maximum atomic E-state index is 12.3. The molecule has 0 amide bonds. The van der Waals surface area contributed by atoms with Crippen LogP contribution in [0.3, 0.4) is 0 Å². The molecule has 0 aromatic carbocycles. The van der Waals surface area contributed by atoms with Gasteiger partial charge in [-0.2, -0.15) is 0 Å². The van der Waals surface area contributed by atoms with Gasteiger partial charge in [0.25, 0.3) is 0 Å². The summed E-state index contributed by atoms with van der Waals surface area (Å²) in [5, 5.41) is 0. The lowest BCUT2D eigenvalue weighted by atomic mass is 10.0. The summed E-state index contributed by atoms with van der Waals surface area (Å²) < 4.78 is 26.4. The molecule has 0 saturated heterocycles. The van der Waals surface area contributed by atoms with E-state index in [4.69, 9.17) is 19.3 Å². The Morgan fingerprint density at radius 1 is 0.481 bits per heavy atom. The second-order valence-electron chi connectivity index (χ2n) is 15.0. The van der Waals surface area contributed by atoms with Crippen LogP contribution in [0.25, 0.3) is 0 Å². The first-order chi connectivity index (χ1) is 25.3. The third-order valence-corrected chi connectivity index (χ3v) is 10.3. The van der Waals surface area contributed by atoms with Crippen LogP contribution in [0.15, 0.2) is 12.2 Å². The van der Waals surface area contributed by atoms with E-state index in [1.165, 1.54) is 141 Å². The number of ether oxygens (including phenoxy) is 2. The van der Waals surface area contributed by atoms with Gasteiger partial charge in [-0.25, -0.2) is 4.57 Å². The fourth-order valence-corrected chi connectivity index (χ4v) is 6.83. The van der Waals surface area contributed by atoms with Gasteiger partial charge in [-0.1, -0.05) is 199 Å². The number of carbonyl (C=O) groups is 2. The van der Waals surface area contributed by atoms with Gasteiger partial charge < -0.3 is 19.3 Å². The Balaban J connectivity index is 3.76. The van der Waals surface area contributed by atoms with Gasteiger partial charge >= 0.3 is 19.8 Å². The number of esters is 2. The summed E-state index contributed by atoms with van der Waals surface area (Å²) in [5.74, 6) is -0.884. The van der Waals surface area contributed by atoms with Crippen LogP contribution in [-0.4, -0.2) is 41.0 Å². The van der Waals surface area contributed by atoms with E-state index in [-0.39, 0.29) is 19.4 Å². The lowest BCUT2D eigenvalue weighted by Gasteiger charge is -2.18. The molecule has 0 bridgehead atoms. The zero-order valence-corrected chi connectivity index (χ0v) is 34.9. The minimum atomic E-state index is -4.75. The molecular formula is C43H83O8P. The van der Waals surface area contributed by atoms with Gasteiger partial charge in [0.2, 0.25) is 0 Å². The second kappa shape index (κ2) is 39.5. The summed E-state index contributed by atoms with van der Waals surface area (Å²) in [4.78, 5) is 42.8. The molecule has 308 valence electrons. The van der Waals surface area contributed by atoms with Gasteiger partial charge in [-0.15, -0.1) is 0 Å². The summed E-state index contributed by atoms with van der Waals surface area (Å²) in [5.41, 5.74) is 0. The fraction of sp³-hybridized carbons (Fsp3) is 0.907. The maximum Gasteiger partial charge on any atom is 0.469 e. The monoisotopic (exact) mass is 759 g/mol. The lowest BCUT2D eigenvalue weighted by molar-refractivity contribution is -0.161. The average Bonchev–Trinajstić information content (AvgIpc) is 3.11. The van der Waals surface area contributed by atoms with Crippen molar-refractivity contribution in [3.63, 3.8) is 0 Å². The summed E-state index contributed by atoms with van der Waals surface area (Å²) in [6, 6.07) is 0. The SMILES string of the molecule is CCCC/C=C/CCCCCCCC(=O)O[C@H](COC(=O)CCCCCCCCCCCCCCCCCCCCCCCCC)COP(=O)(O)O. The Kier molecular flexibility index (Phi) is 38.6. The number of rotatable bonds is 41. The molecule has 0 radical (unpaired) electrons. The van der Waals surface area contributed by atoms with Crippen molar-refractivity contribution in [3.8, 4) is 0 Å². The highest BCUT2D eigenvalue weighted by molar-refractivity contribution is 7.46. The largest absolute Gasteiger partial charge is 0.469 e. The number of phosphoric ester groups is 1. The highest BCUT2D eigenvalue weighted by Crippen LogP contribution is 2.36. The molecule has 0 unspecified atom stereocenters. The van der Waals surface area contributed by atoms with Gasteiger partial charge in [-0.05, 0) is 32.1 Å². The molecule has 52 heavy (non-hydrogen) atoms. The molecule has 0 saturated carbocycles. The van der Waals surface area contributed by atoms with E-state index in [0.29, 0.717) is 6.42 Å². The van der Waals surface area contributed by atoms with Crippen LogP contribution in [0.2, 0.25) is 0 Å². The van der Waals surface area contributed by atoms with E-state index in [0.717, 1.165) is 57.8 Å². The van der Waals surface area contributed by atoms with Crippen molar-refractivity contribution in [2.45, 2.75) is 238 Å². The van der Waals surface area contributed by atoms with Crippen molar-refractivity contribution >= 4 is 19.8 Å². The third kappa shape index (κ3) is 41.5. The molecule has 0 spiro atoms. The van der Waals surface area contributed by atoms with Crippen molar-refractivity contribution in [3.05, 3.63) is 12.2 Å². The summed E-state index contributed by atoms with van der Waals surface area (Å²) >= 11 is 0. The summed E-state index contributed by atoms with van der Waals surface area (Å²) in [7, 11) is -4.75. The Labute approximate surface area is 320 Å². The molecule has 1 atom stereocenters. The van der Waals surface area contributed by atoms with E-state index >= 15 is 0 Å². The van der Waals surface area contributed by atoms with Crippen LogP contribution in [0, 0.1) is 0 Å². The molecule has 0 aromatic heterocycles. The number of phosphoric acid groups is 1. The Morgan fingerprint density at radius 3 is 1.23 bits per heavy atom. The zero-order chi connectivity index (χ0) is 38.2. The highest BCUT2D eigenvalue weighted by atomic mass is 31.2. The second-order valence-corrected chi connectivity index (χ2v) is 16.3. The smallest absolute Gasteiger partial charge is 0.462 e. The fourth-order valence-electron chi connectivity index (χ4n) is 6.47. The normalized spacial score (nSPS) is 12.5. The van der Waals surface area contributed by atoms with Crippen molar-refractivity contribution in [1.82, 2.24) is 0 Å². The summed E-state index contributed by atoms with van der Waals surface area (Å²) in [6.45, 7) is 3.66. The molecule has 0 aromatic rings. The van der Waals surface area contributed by atoms with Gasteiger partial charge in [0.05, 0.1) is 6.61 Å². The first-order valence-corrected chi connectivity index (χ1v) is 23.5. The first kappa shape index (κ1) is 50.8. The van der Waals surface area contributed by atoms with E-state index in [1.54, 1.807) is 0 Å². The van der Waals surface area contributed by atoms with Crippen molar-refractivity contribution in [1.29, 1.82) is 0 Å². The molecule has 0 aliphatic rings. The molecule has 0 rings (SSSR count). The van der Waals surface area contributed by atoms with Crippen LogP contribution in [-0.2, 0) is 28.2 Å². The zero-order valence-electron chi connectivity index (χ0n) is 34.0. The van der Waals surface area contributed by atoms with E-state index in [9.17, 15) is 14.2 Å². The number of allylic oxidation sites excluding steroid dienone is 2. The number of unbranched alkanes of at least 4 members (excludes halogenated alkanes) is 29. The van der Waals surface area contributed by atoms with Gasteiger partial charge in [0.15, 0.2) is 6.10 Å². The molecule has 0 aliphatic carbocycles. The predicted octanol–water partition coefficient (Wildman–Crippen LogP) is 13.4. The molecule has 0 fully saturated rings. The van der Waals surface area contributed by atoms with Gasteiger partial charge in [-0.3, -0.25) is 14.1 Å². The molecular weight excluding hydrogens is 675 g/mol. The summed E-state index contributed by atoms with van der Waals surface area (Å²) in [6.07, 6.45) is 43.8. The maximum absolute atomic E-state index is 12.3. The van der Waals surface area contributed by atoms with Crippen LogP contribution >= 0.6 is 7.82 Å². The topological polar surface area (TPSA) is 119 Å². The van der Waals surface area contributed by atoms with E-state index in [1.807, 2.05) is 0 Å². The molecule has 8 nitrogen and oxygen atoms in total. The van der Waals surface area contributed by atoms with Crippen molar-refractivity contribution in [2.75, 3.05) is 13.2 Å². The van der Waals surface area contributed by atoms with Gasteiger partial charge in [0.1, 0.15) is 6.61 Å². The Bertz CT molecular complexity index is 858. The lowest BCUT2D eigenvalue weighted by Crippen LogP contribution is -2.29. The van der Waals surface area contributed by atoms with Crippen molar-refractivity contribution < 1.29 is 37.9 Å². The highest BCUT2D eigenvalue weighted by Gasteiger charge is 2.22. The number of carbonyl (C=O) groups excluding carboxylic acids is 2. The van der Waals surface area contributed by atoms with Crippen LogP contribution in [0.4, 0.5) is 0 Å². The number of hydrogen-bond donors (Lipinski definition) is 2. The molecule has 2 N–H and O–H groups in total. The Hall–Kier alpha value is -1.21. The van der Waals surface area contributed by atoms with E-state index < -0.39 is 32.5 Å². The van der Waals surface area contributed by atoms with Gasteiger partial charge in [0, 0.05) is 12.8 Å². The molecule has 0 aliphatic heterocycles. The molecule has 0 heterocycles. The minimum Gasteiger partial charge on any atom is -0.462 e. The first-order valence-electron chi connectivity index (χ1n) is 22.0. The van der Waals surface area contributed by atoms with Crippen molar-refractivity contribution in [2.24, 2.45) is 0 Å². The molecule has 9 heteroatoms. The van der Waals surface area contributed by atoms with Crippen LogP contribution in [0.5, 0.6) is 0 Å². The van der Waals surface area contributed by atoms with E-state index in [2.05, 4.69) is 30.5 Å². The van der Waals surface area contributed by atoms with Crippen LogP contribution < -0.4 is 0 Å². The standard InChI is InChI=1S/C43H83O8P/c1-3-5-7-9-11-13-15-16-17-18-19-20-21-22-23-24-25-26-28-29-31-33-35-37-42(44)49-39-41(40-50-52(46,47)48)51-43(45)38-36-34-32-30-27-14-12-10-8-6-4-2/h10,12,41H,3-9,11,13-40H2,1-2H3,(H2,46,47,48)/b12-10+/t41-/m1/s1. The minimum absolute atomic E-state index is 0.205. The van der Waals surface area contributed by atoms with Crippen LogP contribution in [0.1, 0.15) is 232 Å². The average molecular weight is 759 g/mol. The number of hydrogen-bond acceptors (Lipinski definition) is 6. The quantitative estimate of drug-likeness (QED) is 0.0274. The Morgan fingerprint density at radius 2 is 0.827 bits per heavy atom. The third-order valence-electron chi connectivity index (χ3n) is 9.78.